The molecular weight excluding hydrogens is 238 g/mol. The van der Waals surface area contributed by atoms with Gasteiger partial charge in [0.25, 0.3) is 0 Å². The van der Waals surface area contributed by atoms with Gasteiger partial charge in [0, 0.05) is 25.0 Å². The maximum atomic E-state index is 9.77. The normalized spacial score (nSPS) is 20.7. The first-order valence-corrected chi connectivity index (χ1v) is 7.03. The van der Waals surface area contributed by atoms with Gasteiger partial charge in [0.1, 0.15) is 0 Å². The lowest BCUT2D eigenvalue weighted by Crippen LogP contribution is -2.28. The SMILES string of the molecule is CC(C)N1CCC(Cc2cn3cccc(O)c3n2)C1. The monoisotopic (exact) mass is 259 g/mol. The standard InChI is InChI=1S/C15H21N3O/c1-11(2)17-7-5-12(9-17)8-13-10-18-6-3-4-14(19)15(18)16-13/h3-4,6,10-12,19H,5,7-9H2,1-2H3. The Bertz CT molecular complexity index is 576. The summed E-state index contributed by atoms with van der Waals surface area (Å²) in [5, 5.41) is 9.77. The summed E-state index contributed by atoms with van der Waals surface area (Å²) >= 11 is 0. The van der Waals surface area contributed by atoms with Crippen LogP contribution < -0.4 is 0 Å². The van der Waals surface area contributed by atoms with Crippen LogP contribution in [-0.2, 0) is 6.42 Å². The van der Waals surface area contributed by atoms with Crippen LogP contribution in [0.2, 0.25) is 0 Å². The molecular formula is C15H21N3O. The highest BCUT2D eigenvalue weighted by molar-refractivity contribution is 5.53. The molecule has 3 rings (SSSR count). The lowest BCUT2D eigenvalue weighted by Gasteiger charge is -2.19. The third kappa shape index (κ3) is 2.45. The van der Waals surface area contributed by atoms with E-state index in [2.05, 4.69) is 23.7 Å². The Labute approximate surface area is 113 Å². The summed E-state index contributed by atoms with van der Waals surface area (Å²) in [6.45, 7) is 6.87. The Morgan fingerprint density at radius 1 is 1.47 bits per heavy atom. The zero-order valence-corrected chi connectivity index (χ0v) is 11.6. The Kier molecular flexibility index (Phi) is 3.19. The minimum absolute atomic E-state index is 0.254. The highest BCUT2D eigenvalue weighted by atomic mass is 16.3. The summed E-state index contributed by atoms with van der Waals surface area (Å²) < 4.78 is 1.90. The lowest BCUT2D eigenvalue weighted by atomic mass is 10.0. The molecule has 0 spiro atoms. The van der Waals surface area contributed by atoms with Crippen molar-refractivity contribution in [2.45, 2.75) is 32.7 Å². The molecule has 1 unspecified atom stereocenters. The molecule has 0 aliphatic carbocycles. The second-order valence-electron chi connectivity index (χ2n) is 5.80. The topological polar surface area (TPSA) is 40.8 Å². The van der Waals surface area contributed by atoms with E-state index in [9.17, 15) is 5.11 Å². The van der Waals surface area contributed by atoms with Gasteiger partial charge < -0.3 is 14.4 Å². The van der Waals surface area contributed by atoms with Crippen molar-refractivity contribution >= 4 is 5.65 Å². The van der Waals surface area contributed by atoms with E-state index in [0.717, 1.165) is 18.7 Å². The average Bonchev–Trinajstić information content (AvgIpc) is 2.96. The Hall–Kier alpha value is -1.55. The number of aromatic nitrogens is 2. The fourth-order valence-corrected chi connectivity index (χ4v) is 2.94. The van der Waals surface area contributed by atoms with E-state index in [0.29, 0.717) is 17.6 Å². The molecule has 4 heteroatoms. The minimum atomic E-state index is 0.254. The van der Waals surface area contributed by atoms with Crippen molar-refractivity contribution in [3.05, 3.63) is 30.2 Å². The number of aromatic hydroxyl groups is 1. The van der Waals surface area contributed by atoms with Gasteiger partial charge in [-0.05, 0) is 51.3 Å². The van der Waals surface area contributed by atoms with Crippen molar-refractivity contribution in [3.8, 4) is 5.75 Å². The molecule has 19 heavy (non-hydrogen) atoms. The fourth-order valence-electron chi connectivity index (χ4n) is 2.94. The Morgan fingerprint density at radius 3 is 3.00 bits per heavy atom. The second kappa shape index (κ2) is 4.85. The van der Waals surface area contributed by atoms with Gasteiger partial charge in [0.2, 0.25) is 0 Å². The van der Waals surface area contributed by atoms with Crippen LogP contribution in [0.25, 0.3) is 5.65 Å². The molecule has 0 aromatic carbocycles. The smallest absolute Gasteiger partial charge is 0.179 e. The van der Waals surface area contributed by atoms with Crippen molar-refractivity contribution in [3.63, 3.8) is 0 Å². The van der Waals surface area contributed by atoms with Crippen LogP contribution in [0.4, 0.5) is 0 Å². The number of nitrogens with zero attached hydrogens (tertiary/aromatic N) is 3. The van der Waals surface area contributed by atoms with E-state index < -0.39 is 0 Å². The van der Waals surface area contributed by atoms with E-state index in [4.69, 9.17) is 0 Å². The number of likely N-dealkylation sites (tertiary alicyclic amines) is 1. The van der Waals surface area contributed by atoms with Gasteiger partial charge in [-0.3, -0.25) is 0 Å². The first kappa shape index (κ1) is 12.5. The molecule has 0 amide bonds. The summed E-state index contributed by atoms with van der Waals surface area (Å²) in [5.74, 6) is 0.943. The molecule has 1 saturated heterocycles. The molecule has 1 atom stereocenters. The van der Waals surface area contributed by atoms with Gasteiger partial charge in [-0.1, -0.05) is 0 Å². The molecule has 3 heterocycles. The number of fused-ring (bicyclic) bond motifs is 1. The van der Waals surface area contributed by atoms with Crippen molar-refractivity contribution in [1.82, 2.24) is 14.3 Å². The molecule has 2 aromatic heterocycles. The van der Waals surface area contributed by atoms with Gasteiger partial charge in [-0.25, -0.2) is 4.98 Å². The average molecular weight is 259 g/mol. The molecule has 102 valence electrons. The molecule has 0 bridgehead atoms. The molecule has 0 saturated carbocycles. The molecule has 1 aliphatic heterocycles. The van der Waals surface area contributed by atoms with E-state index in [1.165, 1.54) is 13.0 Å². The summed E-state index contributed by atoms with van der Waals surface area (Å²) in [6, 6.07) is 4.15. The van der Waals surface area contributed by atoms with Crippen molar-refractivity contribution in [2.24, 2.45) is 5.92 Å². The number of hydrogen-bond donors (Lipinski definition) is 1. The van der Waals surface area contributed by atoms with Gasteiger partial charge in [0.15, 0.2) is 11.4 Å². The zero-order valence-electron chi connectivity index (χ0n) is 11.6. The van der Waals surface area contributed by atoms with Crippen molar-refractivity contribution in [2.75, 3.05) is 13.1 Å². The predicted molar refractivity (Wildman–Crippen MR) is 75.4 cm³/mol. The van der Waals surface area contributed by atoms with Gasteiger partial charge in [-0.2, -0.15) is 0 Å². The quantitative estimate of drug-likeness (QED) is 0.919. The Balaban J connectivity index is 1.74. The third-order valence-electron chi connectivity index (χ3n) is 4.06. The zero-order chi connectivity index (χ0) is 13.4. The van der Waals surface area contributed by atoms with E-state index in [1.807, 2.05) is 22.9 Å². The van der Waals surface area contributed by atoms with Crippen LogP contribution in [0.15, 0.2) is 24.5 Å². The van der Waals surface area contributed by atoms with Crippen LogP contribution in [0.5, 0.6) is 5.75 Å². The van der Waals surface area contributed by atoms with Crippen molar-refractivity contribution in [1.29, 1.82) is 0 Å². The second-order valence-corrected chi connectivity index (χ2v) is 5.80. The largest absolute Gasteiger partial charge is 0.504 e. The summed E-state index contributed by atoms with van der Waals surface area (Å²) in [7, 11) is 0. The highest BCUT2D eigenvalue weighted by Crippen LogP contribution is 2.23. The molecule has 1 N–H and O–H groups in total. The van der Waals surface area contributed by atoms with Crippen LogP contribution in [-0.4, -0.2) is 38.5 Å². The summed E-state index contributed by atoms with van der Waals surface area (Å²) in [6.07, 6.45) is 6.22. The fraction of sp³-hybridized carbons (Fsp3) is 0.533. The minimum Gasteiger partial charge on any atom is -0.504 e. The number of hydrogen-bond acceptors (Lipinski definition) is 3. The van der Waals surface area contributed by atoms with Crippen LogP contribution in [0.1, 0.15) is 26.0 Å². The van der Waals surface area contributed by atoms with Gasteiger partial charge in [0.05, 0.1) is 5.69 Å². The van der Waals surface area contributed by atoms with Crippen LogP contribution in [0.3, 0.4) is 0 Å². The molecule has 4 nitrogen and oxygen atoms in total. The summed E-state index contributed by atoms with van der Waals surface area (Å²) in [5.41, 5.74) is 1.74. The van der Waals surface area contributed by atoms with E-state index in [-0.39, 0.29) is 5.75 Å². The van der Waals surface area contributed by atoms with Crippen LogP contribution in [0, 0.1) is 5.92 Å². The van der Waals surface area contributed by atoms with E-state index in [1.54, 1.807) is 6.07 Å². The van der Waals surface area contributed by atoms with Crippen LogP contribution >= 0.6 is 0 Å². The highest BCUT2D eigenvalue weighted by Gasteiger charge is 2.25. The predicted octanol–water partition coefficient (Wildman–Crippen LogP) is 2.31. The first-order chi connectivity index (χ1) is 9.13. The molecule has 2 aromatic rings. The number of rotatable bonds is 3. The third-order valence-corrected chi connectivity index (χ3v) is 4.06. The maximum absolute atomic E-state index is 9.77. The molecule has 1 fully saturated rings. The van der Waals surface area contributed by atoms with Crippen molar-refractivity contribution < 1.29 is 5.11 Å². The molecule has 0 radical (unpaired) electrons. The van der Waals surface area contributed by atoms with Gasteiger partial charge in [-0.15, -0.1) is 0 Å². The van der Waals surface area contributed by atoms with E-state index >= 15 is 0 Å². The maximum Gasteiger partial charge on any atom is 0.179 e. The first-order valence-electron chi connectivity index (χ1n) is 7.03. The summed E-state index contributed by atoms with van der Waals surface area (Å²) in [4.78, 5) is 7.07. The number of imidazole rings is 1. The number of pyridine rings is 1. The lowest BCUT2D eigenvalue weighted by molar-refractivity contribution is 0.265. The van der Waals surface area contributed by atoms with Gasteiger partial charge >= 0.3 is 0 Å². The Morgan fingerprint density at radius 2 is 2.32 bits per heavy atom. The molecule has 1 aliphatic rings.